The number of aromatic nitrogens is 1. The first kappa shape index (κ1) is 8.11. The fourth-order valence-electron chi connectivity index (χ4n) is 0.800. The Morgan fingerprint density at radius 1 is 1.36 bits per heavy atom. The molecule has 1 aromatic rings. The molecule has 0 saturated heterocycles. The van der Waals surface area contributed by atoms with Crippen LogP contribution in [0.3, 0.4) is 0 Å². The fraction of sp³-hybridized carbons (Fsp3) is 0.375. The molecule has 0 bridgehead atoms. The normalized spacial score (nSPS) is 11.5. The van der Waals surface area contributed by atoms with Crippen LogP contribution in [0.5, 0.6) is 0 Å². The summed E-state index contributed by atoms with van der Waals surface area (Å²) in [5.74, 6) is -2.71. The Labute approximate surface area is 64.1 Å². The third kappa shape index (κ3) is 1.73. The number of nitrogens with zero attached hydrogens (tertiary/aromatic N) is 1. The topological polar surface area (TPSA) is 12.9 Å². The lowest BCUT2D eigenvalue weighted by atomic mass is 10.1. The molecule has 1 rings (SSSR count). The summed E-state index contributed by atoms with van der Waals surface area (Å²) < 4.78 is 25.7. The second-order valence-corrected chi connectivity index (χ2v) is 2.29. The predicted molar refractivity (Wildman–Crippen MR) is 38.4 cm³/mol. The smallest absolute Gasteiger partial charge is 0.265 e. The van der Waals surface area contributed by atoms with Gasteiger partial charge in [-0.2, -0.15) is 0 Å². The van der Waals surface area contributed by atoms with Crippen LogP contribution in [0.15, 0.2) is 24.5 Å². The summed E-state index contributed by atoms with van der Waals surface area (Å²) in [4.78, 5) is 3.66. The van der Waals surface area contributed by atoms with E-state index in [2.05, 4.69) is 4.98 Å². The van der Waals surface area contributed by atoms with Gasteiger partial charge in [-0.15, -0.1) is 0 Å². The molecule has 0 unspecified atom stereocenters. The molecule has 0 atom stereocenters. The Morgan fingerprint density at radius 2 is 1.91 bits per heavy atom. The number of hydrogen-bond donors (Lipinski definition) is 0. The van der Waals surface area contributed by atoms with Gasteiger partial charge >= 0.3 is 0 Å². The van der Waals surface area contributed by atoms with Crippen molar-refractivity contribution in [3.63, 3.8) is 0 Å². The van der Waals surface area contributed by atoms with Crippen molar-refractivity contribution in [3.05, 3.63) is 30.1 Å². The second kappa shape index (κ2) is 2.95. The summed E-state index contributed by atoms with van der Waals surface area (Å²) in [5.41, 5.74) is 0.0370. The van der Waals surface area contributed by atoms with E-state index in [-0.39, 0.29) is 12.0 Å². The summed E-state index contributed by atoms with van der Waals surface area (Å²) in [6, 6.07) is 2.67. The molecule has 60 valence electrons. The van der Waals surface area contributed by atoms with Gasteiger partial charge in [-0.1, -0.05) is 6.92 Å². The van der Waals surface area contributed by atoms with Gasteiger partial charge in [-0.25, -0.2) is 8.78 Å². The number of alkyl halides is 2. The lowest BCUT2D eigenvalue weighted by molar-refractivity contribution is -0.00836. The van der Waals surface area contributed by atoms with Crippen LogP contribution in [-0.2, 0) is 5.92 Å². The Balaban J connectivity index is 2.93. The van der Waals surface area contributed by atoms with Crippen molar-refractivity contribution in [1.29, 1.82) is 0 Å². The molecular weight excluding hydrogens is 148 g/mol. The second-order valence-electron chi connectivity index (χ2n) is 2.29. The molecule has 1 nitrogen and oxygen atoms in total. The van der Waals surface area contributed by atoms with Crippen molar-refractivity contribution in [1.82, 2.24) is 4.98 Å². The molecule has 1 aromatic heterocycles. The van der Waals surface area contributed by atoms with E-state index in [1.807, 2.05) is 0 Å². The van der Waals surface area contributed by atoms with Gasteiger partial charge in [0.25, 0.3) is 5.92 Å². The van der Waals surface area contributed by atoms with E-state index in [0.29, 0.717) is 0 Å². The van der Waals surface area contributed by atoms with Crippen LogP contribution in [0.2, 0.25) is 0 Å². The standard InChI is InChI=1S/C8H9F2N/c1-2-8(9,10)7-3-5-11-6-4-7/h3-6H,2H2,1H3. The van der Waals surface area contributed by atoms with Crippen LogP contribution in [0.25, 0.3) is 0 Å². The van der Waals surface area contributed by atoms with E-state index in [4.69, 9.17) is 0 Å². The lowest BCUT2D eigenvalue weighted by Crippen LogP contribution is -2.10. The number of hydrogen-bond acceptors (Lipinski definition) is 1. The maximum Gasteiger partial charge on any atom is 0.273 e. The maximum atomic E-state index is 12.9. The van der Waals surface area contributed by atoms with Gasteiger partial charge in [-0.05, 0) is 12.1 Å². The zero-order valence-electron chi connectivity index (χ0n) is 6.22. The highest BCUT2D eigenvalue weighted by molar-refractivity contribution is 5.15. The molecule has 3 heteroatoms. The summed E-state index contributed by atoms with van der Waals surface area (Å²) in [5, 5.41) is 0. The van der Waals surface area contributed by atoms with Crippen molar-refractivity contribution < 1.29 is 8.78 Å². The van der Waals surface area contributed by atoms with E-state index in [9.17, 15) is 8.78 Å². The predicted octanol–water partition coefficient (Wildman–Crippen LogP) is 2.58. The van der Waals surface area contributed by atoms with Crippen LogP contribution in [0.4, 0.5) is 8.78 Å². The Kier molecular flexibility index (Phi) is 2.17. The van der Waals surface area contributed by atoms with Crippen LogP contribution in [0.1, 0.15) is 18.9 Å². The molecule has 0 aliphatic heterocycles. The maximum absolute atomic E-state index is 12.9. The van der Waals surface area contributed by atoms with Crippen LogP contribution < -0.4 is 0 Å². The largest absolute Gasteiger partial charge is 0.273 e. The molecular formula is C8H9F2N. The van der Waals surface area contributed by atoms with E-state index < -0.39 is 5.92 Å². The minimum atomic E-state index is -2.71. The zero-order chi connectivity index (χ0) is 8.32. The highest BCUT2D eigenvalue weighted by Gasteiger charge is 2.28. The van der Waals surface area contributed by atoms with Gasteiger partial charge in [0.2, 0.25) is 0 Å². The molecule has 0 N–H and O–H groups in total. The lowest BCUT2D eigenvalue weighted by Gasteiger charge is -2.12. The number of halogens is 2. The van der Waals surface area contributed by atoms with Crippen molar-refractivity contribution in [2.24, 2.45) is 0 Å². The van der Waals surface area contributed by atoms with E-state index in [1.165, 1.54) is 31.5 Å². The third-order valence-electron chi connectivity index (χ3n) is 1.55. The first-order chi connectivity index (χ1) is 5.17. The SMILES string of the molecule is CCC(F)(F)c1ccncc1. The highest BCUT2D eigenvalue weighted by Crippen LogP contribution is 2.30. The van der Waals surface area contributed by atoms with E-state index in [0.717, 1.165) is 0 Å². The molecule has 0 aliphatic rings. The molecule has 0 aliphatic carbocycles. The molecule has 0 saturated carbocycles. The van der Waals surface area contributed by atoms with Crippen molar-refractivity contribution in [2.45, 2.75) is 19.3 Å². The summed E-state index contributed by atoms with van der Waals surface area (Å²) in [6.45, 7) is 1.46. The first-order valence-corrected chi connectivity index (χ1v) is 3.45. The minimum absolute atomic E-state index is 0.0370. The molecule has 0 amide bonds. The Bertz CT molecular complexity index is 221. The molecule has 0 spiro atoms. The molecule has 11 heavy (non-hydrogen) atoms. The third-order valence-corrected chi connectivity index (χ3v) is 1.55. The van der Waals surface area contributed by atoms with Crippen LogP contribution in [0, 0.1) is 0 Å². The molecule has 0 fully saturated rings. The van der Waals surface area contributed by atoms with Crippen molar-refractivity contribution in [3.8, 4) is 0 Å². The van der Waals surface area contributed by atoms with Gasteiger partial charge in [0.1, 0.15) is 0 Å². The van der Waals surface area contributed by atoms with Gasteiger partial charge < -0.3 is 0 Å². The molecule has 1 heterocycles. The fourth-order valence-corrected chi connectivity index (χ4v) is 0.800. The van der Waals surface area contributed by atoms with Crippen molar-refractivity contribution in [2.75, 3.05) is 0 Å². The Hall–Kier alpha value is -0.990. The van der Waals surface area contributed by atoms with Gasteiger partial charge in [0, 0.05) is 24.4 Å². The summed E-state index contributed by atoms with van der Waals surface area (Å²) in [6.07, 6.45) is 2.58. The van der Waals surface area contributed by atoms with Gasteiger partial charge in [0.05, 0.1) is 0 Å². The van der Waals surface area contributed by atoms with Crippen molar-refractivity contribution >= 4 is 0 Å². The number of pyridine rings is 1. The minimum Gasteiger partial charge on any atom is -0.265 e. The highest BCUT2D eigenvalue weighted by atomic mass is 19.3. The average molecular weight is 157 g/mol. The average Bonchev–Trinajstić information content (AvgIpc) is 2.06. The first-order valence-electron chi connectivity index (χ1n) is 3.45. The van der Waals surface area contributed by atoms with E-state index >= 15 is 0 Å². The van der Waals surface area contributed by atoms with E-state index in [1.54, 1.807) is 0 Å². The Morgan fingerprint density at radius 3 is 2.36 bits per heavy atom. The summed E-state index contributed by atoms with van der Waals surface area (Å²) in [7, 11) is 0. The van der Waals surface area contributed by atoms with Gasteiger partial charge in [0.15, 0.2) is 0 Å². The van der Waals surface area contributed by atoms with Crippen LogP contribution >= 0.6 is 0 Å². The molecule has 0 radical (unpaired) electrons. The monoisotopic (exact) mass is 157 g/mol. The summed E-state index contributed by atoms with van der Waals surface area (Å²) >= 11 is 0. The zero-order valence-corrected chi connectivity index (χ0v) is 6.22. The van der Waals surface area contributed by atoms with Gasteiger partial charge in [-0.3, -0.25) is 4.98 Å². The quantitative estimate of drug-likeness (QED) is 0.643. The molecule has 0 aromatic carbocycles. The number of rotatable bonds is 2. The van der Waals surface area contributed by atoms with Crippen LogP contribution in [-0.4, -0.2) is 4.98 Å².